The van der Waals surface area contributed by atoms with E-state index in [0.717, 1.165) is 31.6 Å². The van der Waals surface area contributed by atoms with Crippen LogP contribution in [0.1, 0.15) is 43.0 Å². The first-order valence-electron chi connectivity index (χ1n) is 9.70. The Morgan fingerprint density at radius 3 is 2.32 bits per heavy atom. The van der Waals surface area contributed by atoms with Crippen LogP contribution in [0.3, 0.4) is 0 Å². The molecule has 0 radical (unpaired) electrons. The van der Waals surface area contributed by atoms with Crippen molar-refractivity contribution in [3.63, 3.8) is 0 Å². The minimum atomic E-state index is -0.201. The van der Waals surface area contributed by atoms with Crippen LogP contribution in [-0.2, 0) is 9.53 Å². The fourth-order valence-corrected chi connectivity index (χ4v) is 2.96. The SMILES string of the molecule is CCCC(=O)Nc1ccc(NC(=O)c2ccc(OCC3CCCO3)cc2)cc1. The van der Waals surface area contributed by atoms with Crippen LogP contribution in [-0.4, -0.2) is 31.1 Å². The van der Waals surface area contributed by atoms with E-state index in [1.165, 1.54) is 0 Å². The quantitative estimate of drug-likeness (QED) is 0.716. The van der Waals surface area contributed by atoms with E-state index in [0.29, 0.717) is 30.0 Å². The third kappa shape index (κ3) is 5.82. The molecule has 3 rings (SSSR count). The van der Waals surface area contributed by atoms with E-state index in [-0.39, 0.29) is 17.9 Å². The minimum absolute atomic E-state index is 0.0129. The number of rotatable bonds is 8. The molecule has 28 heavy (non-hydrogen) atoms. The highest BCUT2D eigenvalue weighted by Crippen LogP contribution is 2.18. The summed E-state index contributed by atoms with van der Waals surface area (Å²) >= 11 is 0. The number of carbonyl (C=O) groups is 2. The monoisotopic (exact) mass is 382 g/mol. The first kappa shape index (κ1) is 19.9. The second kappa shape index (κ2) is 9.90. The molecular formula is C22H26N2O4. The number of hydrogen-bond acceptors (Lipinski definition) is 4. The van der Waals surface area contributed by atoms with Crippen molar-refractivity contribution < 1.29 is 19.1 Å². The second-order valence-electron chi connectivity index (χ2n) is 6.80. The summed E-state index contributed by atoms with van der Waals surface area (Å²) in [5.41, 5.74) is 1.92. The molecule has 1 fully saturated rings. The van der Waals surface area contributed by atoms with Crippen molar-refractivity contribution in [1.29, 1.82) is 0 Å². The van der Waals surface area contributed by atoms with E-state index >= 15 is 0 Å². The third-order valence-corrected chi connectivity index (χ3v) is 4.48. The zero-order chi connectivity index (χ0) is 19.8. The molecule has 1 heterocycles. The fourth-order valence-electron chi connectivity index (χ4n) is 2.96. The Morgan fingerprint density at radius 1 is 1.04 bits per heavy atom. The molecule has 2 aromatic rings. The molecule has 1 atom stereocenters. The second-order valence-corrected chi connectivity index (χ2v) is 6.80. The van der Waals surface area contributed by atoms with Crippen LogP contribution in [0.15, 0.2) is 48.5 Å². The Hall–Kier alpha value is -2.86. The van der Waals surface area contributed by atoms with E-state index in [1.807, 2.05) is 6.92 Å². The van der Waals surface area contributed by atoms with Gasteiger partial charge in [0.25, 0.3) is 5.91 Å². The van der Waals surface area contributed by atoms with E-state index in [1.54, 1.807) is 48.5 Å². The van der Waals surface area contributed by atoms with E-state index in [2.05, 4.69) is 10.6 Å². The standard InChI is InChI=1S/C22H26N2O4/c1-2-4-21(25)23-17-8-10-18(11-9-17)24-22(26)16-6-12-19(13-7-16)28-15-20-5-3-14-27-20/h6-13,20H,2-5,14-15H2,1H3,(H,23,25)(H,24,26). The summed E-state index contributed by atoms with van der Waals surface area (Å²) in [5.74, 6) is 0.508. The van der Waals surface area contributed by atoms with Gasteiger partial charge in [-0.25, -0.2) is 0 Å². The fraction of sp³-hybridized carbons (Fsp3) is 0.364. The van der Waals surface area contributed by atoms with Crippen molar-refractivity contribution in [2.24, 2.45) is 0 Å². The van der Waals surface area contributed by atoms with E-state index in [4.69, 9.17) is 9.47 Å². The number of anilines is 2. The van der Waals surface area contributed by atoms with Crippen molar-refractivity contribution in [2.45, 2.75) is 38.7 Å². The average Bonchev–Trinajstić information content (AvgIpc) is 3.22. The highest BCUT2D eigenvalue weighted by atomic mass is 16.5. The number of benzene rings is 2. The zero-order valence-electron chi connectivity index (χ0n) is 16.1. The van der Waals surface area contributed by atoms with Crippen LogP contribution >= 0.6 is 0 Å². The van der Waals surface area contributed by atoms with Gasteiger partial charge in [-0.3, -0.25) is 9.59 Å². The Kier molecular flexibility index (Phi) is 7.03. The summed E-state index contributed by atoms with van der Waals surface area (Å²) in [6.07, 6.45) is 3.57. The van der Waals surface area contributed by atoms with Crippen molar-refractivity contribution in [2.75, 3.05) is 23.8 Å². The molecule has 0 spiro atoms. The summed E-state index contributed by atoms with van der Waals surface area (Å²) in [6.45, 7) is 3.30. The molecule has 2 aromatic carbocycles. The summed E-state index contributed by atoms with van der Waals surface area (Å²) in [4.78, 5) is 24.0. The van der Waals surface area contributed by atoms with Gasteiger partial charge < -0.3 is 20.1 Å². The predicted molar refractivity (Wildman–Crippen MR) is 109 cm³/mol. The molecule has 2 N–H and O–H groups in total. The maximum absolute atomic E-state index is 12.4. The maximum Gasteiger partial charge on any atom is 0.255 e. The summed E-state index contributed by atoms with van der Waals surface area (Å²) < 4.78 is 11.2. The lowest BCUT2D eigenvalue weighted by atomic mass is 10.2. The Balaban J connectivity index is 1.50. The molecule has 1 aliphatic rings. The van der Waals surface area contributed by atoms with Crippen LogP contribution in [0, 0.1) is 0 Å². The topological polar surface area (TPSA) is 76.7 Å². The first-order valence-corrected chi connectivity index (χ1v) is 9.70. The van der Waals surface area contributed by atoms with Crippen LogP contribution in [0.2, 0.25) is 0 Å². The van der Waals surface area contributed by atoms with Gasteiger partial charge in [0.1, 0.15) is 12.4 Å². The lowest BCUT2D eigenvalue weighted by Gasteiger charge is -2.12. The Labute approximate surface area is 165 Å². The van der Waals surface area contributed by atoms with Gasteiger partial charge in [0, 0.05) is 30.0 Å². The van der Waals surface area contributed by atoms with Gasteiger partial charge in [-0.2, -0.15) is 0 Å². The van der Waals surface area contributed by atoms with E-state index < -0.39 is 0 Å². The number of nitrogens with one attached hydrogen (secondary N) is 2. The third-order valence-electron chi connectivity index (χ3n) is 4.48. The Morgan fingerprint density at radius 2 is 1.71 bits per heavy atom. The van der Waals surface area contributed by atoms with Gasteiger partial charge in [0.2, 0.25) is 5.91 Å². The van der Waals surface area contributed by atoms with Gasteiger partial charge in [-0.15, -0.1) is 0 Å². The van der Waals surface area contributed by atoms with Crippen molar-refractivity contribution in [1.82, 2.24) is 0 Å². The van der Waals surface area contributed by atoms with Crippen LogP contribution in [0.25, 0.3) is 0 Å². The summed E-state index contributed by atoms with van der Waals surface area (Å²) in [6, 6.07) is 14.1. The highest BCUT2D eigenvalue weighted by molar-refractivity contribution is 6.04. The predicted octanol–water partition coefficient (Wildman–Crippen LogP) is 4.24. The molecule has 0 bridgehead atoms. The molecule has 6 nitrogen and oxygen atoms in total. The lowest BCUT2D eigenvalue weighted by molar-refractivity contribution is -0.116. The molecular weight excluding hydrogens is 356 g/mol. The largest absolute Gasteiger partial charge is 0.491 e. The molecule has 2 amide bonds. The first-order chi connectivity index (χ1) is 13.6. The molecule has 1 saturated heterocycles. The van der Waals surface area contributed by atoms with Crippen molar-refractivity contribution in [3.8, 4) is 5.75 Å². The van der Waals surface area contributed by atoms with Gasteiger partial charge in [0.05, 0.1) is 6.10 Å². The number of ether oxygens (including phenoxy) is 2. The molecule has 6 heteroatoms. The summed E-state index contributed by atoms with van der Waals surface area (Å²) in [5, 5.41) is 5.67. The number of hydrogen-bond donors (Lipinski definition) is 2. The molecule has 0 aromatic heterocycles. The van der Waals surface area contributed by atoms with Gasteiger partial charge in [-0.05, 0) is 67.8 Å². The maximum atomic E-state index is 12.4. The van der Waals surface area contributed by atoms with Crippen LogP contribution in [0.4, 0.5) is 11.4 Å². The lowest BCUT2D eigenvalue weighted by Crippen LogP contribution is -2.16. The molecule has 0 aliphatic carbocycles. The molecule has 148 valence electrons. The zero-order valence-corrected chi connectivity index (χ0v) is 16.1. The minimum Gasteiger partial charge on any atom is -0.491 e. The van der Waals surface area contributed by atoms with E-state index in [9.17, 15) is 9.59 Å². The normalized spacial score (nSPS) is 15.8. The number of amides is 2. The molecule has 1 aliphatic heterocycles. The highest BCUT2D eigenvalue weighted by Gasteiger charge is 2.16. The van der Waals surface area contributed by atoms with Crippen molar-refractivity contribution >= 4 is 23.2 Å². The van der Waals surface area contributed by atoms with Gasteiger partial charge in [-0.1, -0.05) is 6.92 Å². The average molecular weight is 382 g/mol. The van der Waals surface area contributed by atoms with Crippen molar-refractivity contribution in [3.05, 3.63) is 54.1 Å². The molecule has 0 saturated carbocycles. The van der Waals surface area contributed by atoms with Gasteiger partial charge >= 0.3 is 0 Å². The van der Waals surface area contributed by atoms with Crippen LogP contribution < -0.4 is 15.4 Å². The molecule has 1 unspecified atom stereocenters. The summed E-state index contributed by atoms with van der Waals surface area (Å²) in [7, 11) is 0. The Bertz CT molecular complexity index is 781. The van der Waals surface area contributed by atoms with Crippen LogP contribution in [0.5, 0.6) is 5.75 Å². The van der Waals surface area contributed by atoms with Gasteiger partial charge in [0.15, 0.2) is 0 Å². The smallest absolute Gasteiger partial charge is 0.255 e. The number of carbonyl (C=O) groups excluding carboxylic acids is 2.